The summed E-state index contributed by atoms with van der Waals surface area (Å²) in [6.45, 7) is 13.9. The van der Waals surface area contributed by atoms with Crippen molar-refractivity contribution in [3.63, 3.8) is 0 Å². The van der Waals surface area contributed by atoms with Crippen LogP contribution in [0.2, 0.25) is 5.02 Å². The molecule has 1 aromatic heterocycles. The van der Waals surface area contributed by atoms with Crippen LogP contribution in [0.5, 0.6) is 0 Å². The van der Waals surface area contributed by atoms with Crippen LogP contribution in [-0.4, -0.2) is 82.4 Å². The fourth-order valence-electron chi connectivity index (χ4n) is 3.84. The van der Waals surface area contributed by atoms with Crippen LogP contribution >= 0.6 is 11.6 Å². The first-order valence-electron chi connectivity index (χ1n) is 13.2. The van der Waals surface area contributed by atoms with Crippen molar-refractivity contribution in [2.24, 2.45) is 5.92 Å². The van der Waals surface area contributed by atoms with Gasteiger partial charge in [-0.3, -0.25) is 20.1 Å². The molecule has 0 atom stereocenters. The van der Waals surface area contributed by atoms with Gasteiger partial charge in [0.15, 0.2) is 5.82 Å². The minimum absolute atomic E-state index is 0.00222. The zero-order valence-electron chi connectivity index (χ0n) is 24.3. The summed E-state index contributed by atoms with van der Waals surface area (Å²) in [6, 6.07) is 10.2. The van der Waals surface area contributed by atoms with Gasteiger partial charge in [0.05, 0.1) is 11.6 Å². The van der Waals surface area contributed by atoms with Gasteiger partial charge in [-0.1, -0.05) is 49.7 Å². The van der Waals surface area contributed by atoms with Gasteiger partial charge in [-0.2, -0.15) is 19.0 Å². The number of carbonyl (C=O) groups is 2. The lowest BCUT2D eigenvalue weighted by Crippen LogP contribution is -2.51. The maximum atomic E-state index is 13.4. The molecular weight excluding hydrogens is 556 g/mol. The number of amides is 1. The van der Waals surface area contributed by atoms with Crippen molar-refractivity contribution in [1.82, 2.24) is 25.2 Å². The minimum Gasteiger partial charge on any atom is -0.477 e. The Morgan fingerprint density at radius 1 is 1.17 bits per heavy atom. The summed E-state index contributed by atoms with van der Waals surface area (Å²) in [5, 5.41) is 18.6. The Morgan fingerprint density at radius 2 is 1.73 bits per heavy atom. The number of carboxylic acid groups (broad SMARTS) is 1. The molecule has 2 aromatic rings. The summed E-state index contributed by atoms with van der Waals surface area (Å²) < 4.78 is 22.5. The average Bonchev–Trinajstić information content (AvgIpc) is 2.89. The summed E-state index contributed by atoms with van der Waals surface area (Å²) >= 11 is 6.32. The topological polar surface area (TPSA) is 126 Å². The van der Waals surface area contributed by atoms with E-state index in [0.29, 0.717) is 19.3 Å². The molecular formula is C28H38ClF2N7O3. The predicted octanol–water partition coefficient (Wildman–Crippen LogP) is 3.95. The number of carboxylic acids is 1. The lowest BCUT2D eigenvalue weighted by Gasteiger charge is -2.33. The number of nitriles is 1. The number of hydrogen-bond donors (Lipinski definition) is 2. The number of aliphatic carboxylic acids is 1. The maximum absolute atomic E-state index is 13.4. The van der Waals surface area contributed by atoms with Crippen molar-refractivity contribution >= 4 is 29.3 Å². The summed E-state index contributed by atoms with van der Waals surface area (Å²) in [5.41, 5.74) is 4.34. The van der Waals surface area contributed by atoms with Crippen molar-refractivity contribution in [2.45, 2.75) is 52.5 Å². The fraction of sp³-hybridized carbons (Fsp3) is 0.536. The number of nitrogens with one attached hydrogen (secondary N) is 1. The van der Waals surface area contributed by atoms with Gasteiger partial charge < -0.3 is 10.0 Å². The third kappa shape index (κ3) is 10.2. The van der Waals surface area contributed by atoms with Crippen molar-refractivity contribution in [3.05, 3.63) is 52.4 Å². The third-order valence-electron chi connectivity index (χ3n) is 6.49. The minimum atomic E-state index is -3.58. The van der Waals surface area contributed by atoms with Crippen molar-refractivity contribution < 1.29 is 23.5 Å². The molecule has 0 spiro atoms. The van der Waals surface area contributed by atoms with Crippen LogP contribution in [0.3, 0.4) is 0 Å². The van der Waals surface area contributed by atoms with Crippen LogP contribution in [0.25, 0.3) is 0 Å². The van der Waals surface area contributed by atoms with E-state index in [1.54, 1.807) is 5.01 Å². The molecule has 0 unspecified atom stereocenters. The molecule has 2 N–H and O–H groups in total. The number of anilines is 1. The molecule has 0 radical (unpaired) electrons. The van der Waals surface area contributed by atoms with Gasteiger partial charge >= 0.3 is 11.9 Å². The standard InChI is InChI=1S/C25H34ClN7O.C3H4F2O2/c1-18(2)16-33(23-21(26)15-28-22(14-27)29-23)30-24(34)25(3,4)20-8-6-19(7-9-20)17-32-12-10-31(5)11-13-32;1-3(4,5)2(6)7/h6-9,15,18H,10-13,16-17H2,1-5H3,(H,30,34);1H3,(H,6,7). The van der Waals surface area contributed by atoms with Crippen molar-refractivity contribution in [2.75, 3.05) is 44.8 Å². The van der Waals surface area contributed by atoms with Crippen molar-refractivity contribution in [1.29, 1.82) is 5.26 Å². The Balaban J connectivity index is 0.000000745. The molecule has 41 heavy (non-hydrogen) atoms. The van der Waals surface area contributed by atoms with Crippen LogP contribution in [0.15, 0.2) is 30.5 Å². The summed E-state index contributed by atoms with van der Waals surface area (Å²) in [4.78, 5) is 35.6. The van der Waals surface area contributed by atoms with E-state index in [1.165, 1.54) is 11.8 Å². The number of alkyl halides is 2. The van der Waals surface area contributed by atoms with Gasteiger partial charge in [0.25, 0.3) is 0 Å². The number of halogens is 3. The van der Waals surface area contributed by atoms with Gasteiger partial charge in [-0.05, 0) is 37.9 Å². The molecule has 1 fully saturated rings. The van der Waals surface area contributed by atoms with E-state index < -0.39 is 17.3 Å². The van der Waals surface area contributed by atoms with E-state index in [1.807, 2.05) is 45.9 Å². The zero-order valence-corrected chi connectivity index (χ0v) is 25.0. The number of benzene rings is 1. The summed E-state index contributed by atoms with van der Waals surface area (Å²) in [7, 11) is 2.16. The molecule has 1 aliphatic rings. The quantitative estimate of drug-likeness (QED) is 0.416. The van der Waals surface area contributed by atoms with E-state index >= 15 is 0 Å². The number of aromatic nitrogens is 2. The first-order chi connectivity index (χ1) is 19.0. The SMILES string of the molecule is CC(C)CN(NC(=O)C(C)(C)c1ccc(CN2CCN(C)CC2)cc1)c1nc(C#N)ncc1Cl.CC(F)(F)C(=O)O. The number of carbonyl (C=O) groups excluding carboxylic acids is 1. The molecule has 0 saturated carbocycles. The molecule has 3 rings (SSSR count). The van der Waals surface area contributed by atoms with Crippen LogP contribution in [-0.2, 0) is 21.5 Å². The Morgan fingerprint density at radius 3 is 2.22 bits per heavy atom. The number of nitrogens with zero attached hydrogens (tertiary/aromatic N) is 6. The molecule has 0 bridgehead atoms. The molecule has 1 aliphatic heterocycles. The van der Waals surface area contributed by atoms with Crippen LogP contribution < -0.4 is 10.4 Å². The van der Waals surface area contributed by atoms with Gasteiger partial charge in [-0.15, -0.1) is 0 Å². The highest BCUT2D eigenvalue weighted by Gasteiger charge is 2.32. The number of hydrazine groups is 1. The number of rotatable bonds is 9. The number of piperazine rings is 1. The highest BCUT2D eigenvalue weighted by molar-refractivity contribution is 6.32. The zero-order chi connectivity index (χ0) is 31.0. The van der Waals surface area contributed by atoms with Gasteiger partial charge in [0.2, 0.25) is 11.7 Å². The van der Waals surface area contributed by atoms with E-state index in [9.17, 15) is 23.6 Å². The lowest BCUT2D eigenvalue weighted by molar-refractivity contribution is -0.161. The molecule has 1 saturated heterocycles. The molecule has 13 heteroatoms. The molecule has 0 aliphatic carbocycles. The molecule has 224 valence electrons. The van der Waals surface area contributed by atoms with Crippen LogP contribution in [0.1, 0.15) is 51.6 Å². The Labute approximate surface area is 244 Å². The first-order valence-corrected chi connectivity index (χ1v) is 13.5. The largest absolute Gasteiger partial charge is 0.477 e. The van der Waals surface area contributed by atoms with E-state index in [0.717, 1.165) is 38.3 Å². The van der Waals surface area contributed by atoms with Gasteiger partial charge in [0.1, 0.15) is 11.1 Å². The number of hydrogen-bond acceptors (Lipinski definition) is 8. The second kappa shape index (κ2) is 14.5. The monoisotopic (exact) mass is 593 g/mol. The molecule has 1 amide bonds. The van der Waals surface area contributed by atoms with E-state index in [-0.39, 0.29) is 22.7 Å². The van der Waals surface area contributed by atoms with Crippen LogP contribution in [0.4, 0.5) is 14.6 Å². The summed E-state index contributed by atoms with van der Waals surface area (Å²) in [6.07, 6.45) is 1.38. The van der Waals surface area contributed by atoms with E-state index in [4.69, 9.17) is 16.7 Å². The Kier molecular flexibility index (Phi) is 11.9. The average molecular weight is 594 g/mol. The Hall–Kier alpha value is -3.40. The number of likely N-dealkylation sites (N-methyl/N-ethyl adjacent to an activating group) is 1. The second-order valence-electron chi connectivity index (χ2n) is 11.0. The molecule has 1 aromatic carbocycles. The highest BCUT2D eigenvalue weighted by Crippen LogP contribution is 2.27. The Bertz CT molecular complexity index is 1220. The maximum Gasteiger partial charge on any atom is 0.374 e. The van der Waals surface area contributed by atoms with Gasteiger partial charge in [0, 0.05) is 46.2 Å². The third-order valence-corrected chi connectivity index (χ3v) is 6.75. The lowest BCUT2D eigenvalue weighted by atomic mass is 9.83. The first kappa shape index (κ1) is 33.8. The van der Waals surface area contributed by atoms with Crippen LogP contribution in [0, 0.1) is 17.2 Å². The molecule has 2 heterocycles. The second-order valence-corrected chi connectivity index (χ2v) is 11.4. The fourth-order valence-corrected chi connectivity index (χ4v) is 4.03. The summed E-state index contributed by atoms with van der Waals surface area (Å²) in [5.74, 6) is -5.33. The normalized spacial score (nSPS) is 14.6. The smallest absolute Gasteiger partial charge is 0.374 e. The van der Waals surface area contributed by atoms with Gasteiger partial charge in [-0.25, -0.2) is 9.78 Å². The van der Waals surface area contributed by atoms with E-state index in [2.05, 4.69) is 44.4 Å². The highest BCUT2D eigenvalue weighted by atomic mass is 35.5. The molecule has 10 nitrogen and oxygen atoms in total. The van der Waals surface area contributed by atoms with Crippen molar-refractivity contribution in [3.8, 4) is 6.07 Å². The predicted molar refractivity (Wildman–Crippen MR) is 153 cm³/mol.